The molecule has 1 amide bonds. The Balaban J connectivity index is 2.09. The van der Waals surface area contributed by atoms with Crippen LogP contribution >= 0.6 is 15.9 Å². The van der Waals surface area contributed by atoms with E-state index in [0.29, 0.717) is 10.5 Å². The van der Waals surface area contributed by atoms with Crippen molar-refractivity contribution in [3.63, 3.8) is 0 Å². The third-order valence-electron chi connectivity index (χ3n) is 3.04. The molecule has 1 atom stereocenters. The van der Waals surface area contributed by atoms with Gasteiger partial charge in [-0.3, -0.25) is 4.79 Å². The highest BCUT2D eigenvalue weighted by molar-refractivity contribution is 9.10. The predicted octanol–water partition coefficient (Wildman–Crippen LogP) is 3.03. The Morgan fingerprint density at radius 1 is 1.12 bits per heavy atom. The molecule has 128 valence electrons. The molecule has 0 aliphatic rings. The fourth-order valence-electron chi connectivity index (χ4n) is 1.80. The van der Waals surface area contributed by atoms with Crippen molar-refractivity contribution < 1.29 is 22.0 Å². The molecular formula is C15H13BrF2N2O3S. The van der Waals surface area contributed by atoms with Gasteiger partial charge in [0.25, 0.3) is 0 Å². The van der Waals surface area contributed by atoms with E-state index in [1.807, 2.05) is 0 Å². The molecule has 24 heavy (non-hydrogen) atoms. The summed E-state index contributed by atoms with van der Waals surface area (Å²) in [5.41, 5.74) is -0.240. The lowest BCUT2D eigenvalue weighted by atomic mass is 10.2. The minimum Gasteiger partial charge on any atom is -0.322 e. The van der Waals surface area contributed by atoms with Gasteiger partial charge in [0.05, 0.1) is 16.6 Å². The molecule has 2 N–H and O–H groups in total. The fourth-order valence-corrected chi connectivity index (χ4v) is 3.27. The number of halogens is 3. The van der Waals surface area contributed by atoms with E-state index >= 15 is 0 Å². The lowest BCUT2D eigenvalue weighted by molar-refractivity contribution is -0.117. The van der Waals surface area contributed by atoms with Crippen LogP contribution in [0.15, 0.2) is 51.8 Å². The van der Waals surface area contributed by atoms with E-state index in [2.05, 4.69) is 26.0 Å². The topological polar surface area (TPSA) is 75.3 Å². The van der Waals surface area contributed by atoms with Crippen molar-refractivity contribution >= 4 is 37.5 Å². The Kier molecular flexibility index (Phi) is 5.68. The Labute approximate surface area is 146 Å². The van der Waals surface area contributed by atoms with E-state index in [1.54, 1.807) is 12.1 Å². The summed E-state index contributed by atoms with van der Waals surface area (Å²) in [6.45, 7) is 1.31. The summed E-state index contributed by atoms with van der Waals surface area (Å²) < 4.78 is 53.6. The van der Waals surface area contributed by atoms with E-state index in [9.17, 15) is 22.0 Å². The smallest absolute Gasteiger partial charge is 0.242 e. The average Bonchev–Trinajstić information content (AvgIpc) is 2.50. The molecule has 0 aliphatic carbocycles. The van der Waals surface area contributed by atoms with E-state index in [1.165, 1.54) is 19.1 Å². The van der Waals surface area contributed by atoms with Crippen LogP contribution in [0.3, 0.4) is 0 Å². The van der Waals surface area contributed by atoms with Crippen LogP contribution in [0.2, 0.25) is 0 Å². The van der Waals surface area contributed by atoms with Crippen LogP contribution in [0, 0.1) is 11.6 Å². The second-order valence-corrected chi connectivity index (χ2v) is 7.54. The Morgan fingerprint density at radius 2 is 1.75 bits per heavy atom. The minimum atomic E-state index is -3.92. The first-order chi connectivity index (χ1) is 11.2. The summed E-state index contributed by atoms with van der Waals surface area (Å²) in [6, 6.07) is 7.33. The van der Waals surface area contributed by atoms with Crippen LogP contribution < -0.4 is 10.0 Å². The van der Waals surface area contributed by atoms with E-state index in [0.717, 1.165) is 12.1 Å². The van der Waals surface area contributed by atoms with Crippen LogP contribution in [-0.2, 0) is 14.8 Å². The highest BCUT2D eigenvalue weighted by Gasteiger charge is 2.22. The van der Waals surface area contributed by atoms with Crippen molar-refractivity contribution in [2.45, 2.75) is 17.9 Å². The Morgan fingerprint density at radius 3 is 2.33 bits per heavy atom. The molecule has 0 spiro atoms. The summed E-state index contributed by atoms with van der Waals surface area (Å²) in [5, 5.41) is 2.21. The molecular weight excluding hydrogens is 406 g/mol. The number of nitrogens with one attached hydrogen (secondary N) is 2. The predicted molar refractivity (Wildman–Crippen MR) is 88.9 cm³/mol. The van der Waals surface area contributed by atoms with Gasteiger partial charge in [-0.1, -0.05) is 15.9 Å². The zero-order chi connectivity index (χ0) is 17.9. The van der Waals surface area contributed by atoms with Gasteiger partial charge in [-0.05, 0) is 43.3 Å². The van der Waals surface area contributed by atoms with Gasteiger partial charge >= 0.3 is 0 Å². The summed E-state index contributed by atoms with van der Waals surface area (Å²) >= 11 is 3.19. The second-order valence-electron chi connectivity index (χ2n) is 4.91. The monoisotopic (exact) mass is 418 g/mol. The van der Waals surface area contributed by atoms with Gasteiger partial charge in [-0.15, -0.1) is 0 Å². The molecule has 0 heterocycles. The maximum atomic E-state index is 13.5. The number of rotatable bonds is 5. The normalized spacial score (nSPS) is 12.7. The van der Waals surface area contributed by atoms with Gasteiger partial charge in [-0.2, -0.15) is 4.72 Å². The summed E-state index contributed by atoms with van der Waals surface area (Å²) in [7, 11) is -3.92. The zero-order valence-electron chi connectivity index (χ0n) is 12.4. The molecule has 0 aliphatic heterocycles. The molecule has 0 radical (unpaired) electrons. The molecule has 0 unspecified atom stereocenters. The zero-order valence-corrected chi connectivity index (χ0v) is 14.8. The number of anilines is 1. The number of amides is 1. The number of hydrogen-bond acceptors (Lipinski definition) is 3. The lowest BCUT2D eigenvalue weighted by Crippen LogP contribution is -2.41. The molecule has 2 aromatic carbocycles. The van der Waals surface area contributed by atoms with Gasteiger partial charge in [0.1, 0.15) is 11.6 Å². The summed E-state index contributed by atoms with van der Waals surface area (Å²) in [6.07, 6.45) is 0. The van der Waals surface area contributed by atoms with Crippen LogP contribution in [-0.4, -0.2) is 20.4 Å². The second kappa shape index (κ2) is 7.37. The van der Waals surface area contributed by atoms with Crippen molar-refractivity contribution in [3.05, 3.63) is 58.6 Å². The quantitative estimate of drug-likeness (QED) is 0.783. The average molecular weight is 419 g/mol. The van der Waals surface area contributed by atoms with Crippen LogP contribution in [0.25, 0.3) is 0 Å². The number of sulfonamides is 1. The largest absolute Gasteiger partial charge is 0.322 e. The van der Waals surface area contributed by atoms with Gasteiger partial charge in [0.2, 0.25) is 15.9 Å². The van der Waals surface area contributed by atoms with Crippen LogP contribution in [0.5, 0.6) is 0 Å². The highest BCUT2D eigenvalue weighted by atomic mass is 79.9. The molecule has 0 bridgehead atoms. The molecule has 2 rings (SSSR count). The van der Waals surface area contributed by atoms with Crippen molar-refractivity contribution in [2.24, 2.45) is 0 Å². The molecule has 9 heteroatoms. The van der Waals surface area contributed by atoms with E-state index in [-0.39, 0.29) is 10.6 Å². The molecule has 0 aromatic heterocycles. The standard InChI is InChI=1S/C15H13BrF2N2O3S/c1-9(15(21)19-14-7-4-11(17)8-13(14)18)20-24(22,23)12-5-2-10(16)3-6-12/h2-9,20H,1H3,(H,19,21)/t9-/m0/s1. The third-order valence-corrected chi connectivity index (χ3v) is 5.12. The molecule has 0 fully saturated rings. The van der Waals surface area contributed by atoms with Gasteiger partial charge in [0.15, 0.2) is 0 Å². The molecule has 5 nitrogen and oxygen atoms in total. The first-order valence-electron chi connectivity index (χ1n) is 6.73. The van der Waals surface area contributed by atoms with Crippen molar-refractivity contribution in [2.75, 3.05) is 5.32 Å². The van der Waals surface area contributed by atoms with E-state index in [4.69, 9.17) is 0 Å². The van der Waals surface area contributed by atoms with Crippen LogP contribution in [0.4, 0.5) is 14.5 Å². The lowest BCUT2D eigenvalue weighted by Gasteiger charge is -2.15. The number of carbonyl (C=O) groups excluding carboxylic acids is 1. The maximum absolute atomic E-state index is 13.5. The van der Waals surface area contributed by atoms with Crippen molar-refractivity contribution in [1.29, 1.82) is 0 Å². The Bertz CT molecular complexity index is 858. The summed E-state index contributed by atoms with van der Waals surface area (Å²) in [5.74, 6) is -2.51. The number of carbonyl (C=O) groups is 1. The maximum Gasteiger partial charge on any atom is 0.242 e. The SMILES string of the molecule is C[C@H](NS(=O)(=O)c1ccc(Br)cc1)C(=O)Nc1ccc(F)cc1F. The molecule has 2 aromatic rings. The summed E-state index contributed by atoms with van der Waals surface area (Å²) in [4.78, 5) is 12.0. The van der Waals surface area contributed by atoms with E-state index < -0.39 is 33.6 Å². The van der Waals surface area contributed by atoms with Crippen molar-refractivity contribution in [1.82, 2.24) is 4.72 Å². The molecule has 0 saturated heterocycles. The van der Waals surface area contributed by atoms with Crippen LogP contribution in [0.1, 0.15) is 6.92 Å². The first kappa shape index (κ1) is 18.5. The van der Waals surface area contributed by atoms with Crippen molar-refractivity contribution in [3.8, 4) is 0 Å². The number of benzene rings is 2. The Hall–Kier alpha value is -1.84. The first-order valence-corrected chi connectivity index (χ1v) is 9.00. The molecule has 0 saturated carbocycles. The number of hydrogen-bond donors (Lipinski definition) is 2. The van der Waals surface area contributed by atoms with Gasteiger partial charge in [0, 0.05) is 10.5 Å². The van der Waals surface area contributed by atoms with Gasteiger partial charge < -0.3 is 5.32 Å². The fraction of sp³-hybridized carbons (Fsp3) is 0.133. The minimum absolute atomic E-state index is 0.0155. The third kappa shape index (κ3) is 4.59. The highest BCUT2D eigenvalue weighted by Crippen LogP contribution is 2.17. The van der Waals surface area contributed by atoms with Gasteiger partial charge in [-0.25, -0.2) is 17.2 Å².